The van der Waals surface area contributed by atoms with Crippen molar-refractivity contribution >= 4 is 11.9 Å². The van der Waals surface area contributed by atoms with Gasteiger partial charge in [-0.3, -0.25) is 15.0 Å². The van der Waals surface area contributed by atoms with Crippen molar-refractivity contribution in [2.75, 3.05) is 19.6 Å². The van der Waals surface area contributed by atoms with Gasteiger partial charge in [0.15, 0.2) is 0 Å². The van der Waals surface area contributed by atoms with E-state index in [4.69, 9.17) is 10.5 Å². The van der Waals surface area contributed by atoms with Gasteiger partial charge >= 0.3 is 6.03 Å². The minimum atomic E-state index is -0.800. The number of carbonyl (C=O) groups excluding carboxylic acids is 2. The van der Waals surface area contributed by atoms with Crippen LogP contribution in [0.2, 0.25) is 0 Å². The molecule has 1 unspecified atom stereocenters. The van der Waals surface area contributed by atoms with Crippen LogP contribution in [-0.4, -0.2) is 48.2 Å². The van der Waals surface area contributed by atoms with Crippen LogP contribution in [0.3, 0.4) is 0 Å². The molecule has 1 fully saturated rings. The molecule has 3 N–H and O–H groups in total. The van der Waals surface area contributed by atoms with Gasteiger partial charge in [0.1, 0.15) is 0 Å². The van der Waals surface area contributed by atoms with E-state index in [1.165, 1.54) is 0 Å². The van der Waals surface area contributed by atoms with Gasteiger partial charge in [-0.25, -0.2) is 4.79 Å². The molecule has 0 saturated carbocycles. The lowest BCUT2D eigenvalue weighted by atomic mass is 10.1. The molecule has 0 aliphatic carbocycles. The molecule has 6 heteroatoms. The topological polar surface area (TPSA) is 84.7 Å². The second kappa shape index (κ2) is 5.46. The van der Waals surface area contributed by atoms with Gasteiger partial charge in [-0.2, -0.15) is 0 Å². The number of nitrogens with zero attached hydrogens (tertiary/aromatic N) is 1. The molecule has 1 heterocycles. The minimum absolute atomic E-state index is 0.151. The monoisotopic (exact) mass is 243 g/mol. The molecule has 98 valence electrons. The van der Waals surface area contributed by atoms with E-state index in [2.05, 4.69) is 10.2 Å². The van der Waals surface area contributed by atoms with Crippen molar-refractivity contribution in [2.24, 2.45) is 5.73 Å². The number of amides is 3. The number of hydrogen-bond donors (Lipinski definition) is 2. The van der Waals surface area contributed by atoms with Crippen LogP contribution < -0.4 is 11.1 Å². The average Bonchev–Trinajstić information content (AvgIpc) is 2.10. The minimum Gasteiger partial charge on any atom is -0.370 e. The molecule has 17 heavy (non-hydrogen) atoms. The molecule has 6 nitrogen and oxygen atoms in total. The molecule has 3 amide bonds. The standard InChI is InChI=1S/C11H21N3O3/c1-8-6-14(7-11(2,3)17-8)5-4-9(15)13-10(12)16/h8H,4-7H2,1-3H3,(H3,12,13,15,16). The molecule has 1 aliphatic heterocycles. The zero-order valence-corrected chi connectivity index (χ0v) is 10.7. The lowest BCUT2D eigenvalue weighted by Gasteiger charge is -2.41. The highest BCUT2D eigenvalue weighted by molar-refractivity contribution is 5.93. The Morgan fingerprint density at radius 1 is 1.53 bits per heavy atom. The molecule has 1 atom stereocenters. The van der Waals surface area contributed by atoms with E-state index in [-0.39, 0.29) is 24.0 Å². The van der Waals surface area contributed by atoms with E-state index in [0.717, 1.165) is 13.1 Å². The Bertz CT molecular complexity index is 304. The van der Waals surface area contributed by atoms with Gasteiger partial charge in [0, 0.05) is 26.1 Å². The first kappa shape index (κ1) is 13.9. The molecule has 0 aromatic carbocycles. The molecular formula is C11H21N3O3. The molecule has 0 radical (unpaired) electrons. The fraction of sp³-hybridized carbons (Fsp3) is 0.818. The Morgan fingerprint density at radius 3 is 2.71 bits per heavy atom. The Morgan fingerprint density at radius 2 is 2.18 bits per heavy atom. The van der Waals surface area contributed by atoms with Gasteiger partial charge in [-0.05, 0) is 20.8 Å². The first-order chi connectivity index (χ1) is 7.78. The molecule has 1 rings (SSSR count). The first-order valence-corrected chi connectivity index (χ1v) is 5.78. The van der Waals surface area contributed by atoms with Crippen molar-refractivity contribution < 1.29 is 14.3 Å². The molecular weight excluding hydrogens is 222 g/mol. The smallest absolute Gasteiger partial charge is 0.318 e. The fourth-order valence-electron chi connectivity index (χ4n) is 2.22. The second-order valence-electron chi connectivity index (χ2n) is 5.09. The molecule has 0 bridgehead atoms. The Hall–Kier alpha value is -1.14. The van der Waals surface area contributed by atoms with Crippen LogP contribution in [0, 0.1) is 0 Å². The summed E-state index contributed by atoms with van der Waals surface area (Å²) in [6, 6.07) is -0.800. The summed E-state index contributed by atoms with van der Waals surface area (Å²) in [4.78, 5) is 23.9. The lowest BCUT2D eigenvalue weighted by Crippen LogP contribution is -2.52. The van der Waals surface area contributed by atoms with Crippen molar-refractivity contribution in [3.8, 4) is 0 Å². The van der Waals surface area contributed by atoms with E-state index in [1.807, 2.05) is 20.8 Å². The van der Waals surface area contributed by atoms with Crippen LogP contribution in [0.25, 0.3) is 0 Å². The number of nitrogens with two attached hydrogens (primary N) is 1. The Labute approximate surface area is 101 Å². The summed E-state index contributed by atoms with van der Waals surface area (Å²) in [6.45, 7) is 8.25. The van der Waals surface area contributed by atoms with Crippen molar-refractivity contribution in [3.05, 3.63) is 0 Å². The highest BCUT2D eigenvalue weighted by atomic mass is 16.5. The number of urea groups is 1. The second-order valence-corrected chi connectivity index (χ2v) is 5.09. The van der Waals surface area contributed by atoms with Crippen LogP contribution in [0.4, 0.5) is 4.79 Å². The van der Waals surface area contributed by atoms with E-state index in [1.54, 1.807) is 0 Å². The number of nitrogens with one attached hydrogen (secondary N) is 1. The van der Waals surface area contributed by atoms with Crippen molar-refractivity contribution in [2.45, 2.75) is 38.9 Å². The summed E-state index contributed by atoms with van der Waals surface area (Å²) in [5.41, 5.74) is 4.67. The molecule has 0 spiro atoms. The largest absolute Gasteiger partial charge is 0.370 e. The maximum atomic E-state index is 11.3. The van der Waals surface area contributed by atoms with E-state index in [9.17, 15) is 9.59 Å². The van der Waals surface area contributed by atoms with Crippen LogP contribution >= 0.6 is 0 Å². The number of morpholine rings is 1. The zero-order valence-electron chi connectivity index (χ0n) is 10.7. The first-order valence-electron chi connectivity index (χ1n) is 5.78. The summed E-state index contributed by atoms with van der Waals surface area (Å²) in [5.74, 6) is -0.338. The normalized spacial score (nSPS) is 24.3. The number of rotatable bonds is 3. The molecule has 1 aliphatic rings. The highest BCUT2D eigenvalue weighted by Crippen LogP contribution is 2.20. The predicted molar refractivity (Wildman–Crippen MR) is 63.4 cm³/mol. The van der Waals surface area contributed by atoms with Crippen LogP contribution in [0.1, 0.15) is 27.2 Å². The quantitative estimate of drug-likeness (QED) is 0.734. The van der Waals surface area contributed by atoms with Gasteiger partial charge in [0.25, 0.3) is 0 Å². The Kier molecular flexibility index (Phi) is 4.47. The summed E-state index contributed by atoms with van der Waals surface area (Å²) in [7, 11) is 0. The maximum absolute atomic E-state index is 11.3. The van der Waals surface area contributed by atoms with Gasteiger partial charge in [-0.1, -0.05) is 0 Å². The molecule has 0 aromatic heterocycles. The maximum Gasteiger partial charge on any atom is 0.318 e. The zero-order chi connectivity index (χ0) is 13.1. The summed E-state index contributed by atoms with van der Waals surface area (Å²) in [6.07, 6.45) is 0.420. The third-order valence-corrected chi connectivity index (χ3v) is 2.56. The van der Waals surface area contributed by atoms with E-state index in [0.29, 0.717) is 6.54 Å². The van der Waals surface area contributed by atoms with Gasteiger partial charge in [-0.15, -0.1) is 0 Å². The third-order valence-electron chi connectivity index (χ3n) is 2.56. The van der Waals surface area contributed by atoms with Crippen molar-refractivity contribution in [3.63, 3.8) is 0 Å². The lowest BCUT2D eigenvalue weighted by molar-refractivity contribution is -0.133. The summed E-state index contributed by atoms with van der Waals surface area (Å²) in [5, 5.41) is 2.06. The third kappa shape index (κ3) is 5.14. The van der Waals surface area contributed by atoms with Crippen molar-refractivity contribution in [1.29, 1.82) is 0 Å². The number of ether oxygens (including phenoxy) is 1. The van der Waals surface area contributed by atoms with Gasteiger partial charge in [0.05, 0.1) is 11.7 Å². The molecule has 1 saturated heterocycles. The number of imide groups is 1. The van der Waals surface area contributed by atoms with Crippen LogP contribution in [0.15, 0.2) is 0 Å². The van der Waals surface area contributed by atoms with Gasteiger partial charge < -0.3 is 10.5 Å². The Balaban J connectivity index is 2.36. The van der Waals surface area contributed by atoms with Crippen LogP contribution in [-0.2, 0) is 9.53 Å². The average molecular weight is 243 g/mol. The summed E-state index contributed by atoms with van der Waals surface area (Å²) >= 11 is 0. The van der Waals surface area contributed by atoms with E-state index >= 15 is 0 Å². The number of hydrogen-bond acceptors (Lipinski definition) is 4. The SMILES string of the molecule is CC1CN(CCC(=O)NC(N)=O)CC(C)(C)O1. The fourth-order valence-corrected chi connectivity index (χ4v) is 2.22. The molecule has 0 aromatic rings. The summed E-state index contributed by atoms with van der Waals surface area (Å²) < 4.78 is 5.76. The van der Waals surface area contributed by atoms with Gasteiger partial charge in [0.2, 0.25) is 5.91 Å². The number of primary amides is 1. The highest BCUT2D eigenvalue weighted by Gasteiger charge is 2.31. The number of carbonyl (C=O) groups is 2. The van der Waals surface area contributed by atoms with Crippen LogP contribution in [0.5, 0.6) is 0 Å². The van der Waals surface area contributed by atoms with Crippen molar-refractivity contribution in [1.82, 2.24) is 10.2 Å². The van der Waals surface area contributed by atoms with E-state index < -0.39 is 6.03 Å². The predicted octanol–water partition coefficient (Wildman–Crippen LogP) is 0.0707.